The number of aromatic nitrogens is 4. The van der Waals surface area contributed by atoms with Crippen LogP contribution in [0.4, 0.5) is 5.69 Å². The van der Waals surface area contributed by atoms with Gasteiger partial charge in [0.25, 0.3) is 0 Å². The molecule has 0 unspecified atom stereocenters. The highest BCUT2D eigenvalue weighted by Crippen LogP contribution is 2.44. The molecule has 3 aromatic rings. The normalized spacial score (nSPS) is 17.1. The van der Waals surface area contributed by atoms with Crippen LogP contribution in [0.15, 0.2) is 30.6 Å². The van der Waals surface area contributed by atoms with Gasteiger partial charge in [-0.25, -0.2) is 9.50 Å². The minimum atomic E-state index is -0.231. The average Bonchev–Trinajstić information content (AvgIpc) is 3.54. The van der Waals surface area contributed by atoms with E-state index in [1.807, 2.05) is 16.9 Å². The first kappa shape index (κ1) is 22.0. The van der Waals surface area contributed by atoms with E-state index in [-0.39, 0.29) is 18.0 Å². The summed E-state index contributed by atoms with van der Waals surface area (Å²) in [6.45, 7) is 7.42. The maximum absolute atomic E-state index is 5.55. The molecule has 0 aromatic carbocycles. The fourth-order valence-corrected chi connectivity index (χ4v) is 4.09. The SMILES string of the molecule is COC(C)(C)Cc1ccc(-c2c(C3CC3)nc3c(N4CCOCC4)ccnn23)cn1.Cl. The molecule has 0 N–H and O–H groups in total. The van der Waals surface area contributed by atoms with Crippen LogP contribution in [0.1, 0.15) is 44.0 Å². The number of rotatable bonds is 6. The molecule has 31 heavy (non-hydrogen) atoms. The van der Waals surface area contributed by atoms with Crippen LogP contribution in [0.25, 0.3) is 16.9 Å². The number of anilines is 1. The third-order valence-electron chi connectivity index (χ3n) is 6.10. The van der Waals surface area contributed by atoms with Crippen molar-refractivity contribution in [2.75, 3.05) is 38.3 Å². The second-order valence-corrected chi connectivity index (χ2v) is 8.85. The summed E-state index contributed by atoms with van der Waals surface area (Å²) in [5.74, 6) is 0.520. The molecular formula is C23H30ClN5O2. The van der Waals surface area contributed by atoms with E-state index < -0.39 is 0 Å². The molecule has 0 spiro atoms. The largest absolute Gasteiger partial charge is 0.378 e. The predicted octanol–water partition coefficient (Wildman–Crippen LogP) is 3.89. The number of imidazole rings is 1. The zero-order valence-electron chi connectivity index (χ0n) is 18.4. The molecule has 1 saturated carbocycles. The van der Waals surface area contributed by atoms with Gasteiger partial charge in [-0.2, -0.15) is 5.10 Å². The zero-order chi connectivity index (χ0) is 20.7. The predicted molar refractivity (Wildman–Crippen MR) is 123 cm³/mol. The van der Waals surface area contributed by atoms with E-state index in [0.29, 0.717) is 5.92 Å². The van der Waals surface area contributed by atoms with Crippen LogP contribution in [0.5, 0.6) is 0 Å². The Bertz CT molecular complexity index is 1040. The maximum atomic E-state index is 5.55. The van der Waals surface area contributed by atoms with Gasteiger partial charge in [0, 0.05) is 50.0 Å². The molecular weight excluding hydrogens is 414 g/mol. The van der Waals surface area contributed by atoms with Gasteiger partial charge in [0.05, 0.1) is 42.1 Å². The van der Waals surface area contributed by atoms with Gasteiger partial charge in [-0.3, -0.25) is 4.98 Å². The number of halogens is 1. The minimum Gasteiger partial charge on any atom is -0.378 e. The van der Waals surface area contributed by atoms with E-state index in [0.717, 1.165) is 66.7 Å². The molecule has 2 fully saturated rings. The summed E-state index contributed by atoms with van der Waals surface area (Å²) in [7, 11) is 1.74. The number of hydrogen-bond acceptors (Lipinski definition) is 6. The van der Waals surface area contributed by atoms with Crippen molar-refractivity contribution < 1.29 is 9.47 Å². The average molecular weight is 444 g/mol. The number of hydrogen-bond donors (Lipinski definition) is 0. The van der Waals surface area contributed by atoms with Crippen LogP contribution in [0.2, 0.25) is 0 Å². The highest BCUT2D eigenvalue weighted by atomic mass is 35.5. The lowest BCUT2D eigenvalue weighted by atomic mass is 10.0. The molecule has 0 radical (unpaired) electrons. The fraction of sp³-hybridized carbons (Fsp3) is 0.522. The van der Waals surface area contributed by atoms with E-state index >= 15 is 0 Å². The Hall–Kier alpha value is -2.22. The molecule has 166 valence electrons. The first-order valence-corrected chi connectivity index (χ1v) is 10.8. The molecule has 0 atom stereocenters. The molecule has 1 saturated heterocycles. The monoisotopic (exact) mass is 443 g/mol. The van der Waals surface area contributed by atoms with E-state index in [2.05, 4.69) is 42.0 Å². The van der Waals surface area contributed by atoms with Crippen molar-refractivity contribution in [2.45, 2.75) is 44.6 Å². The summed E-state index contributed by atoms with van der Waals surface area (Å²) in [5, 5.41) is 4.69. The summed E-state index contributed by atoms with van der Waals surface area (Å²) in [6.07, 6.45) is 6.99. The van der Waals surface area contributed by atoms with Crippen LogP contribution in [-0.2, 0) is 15.9 Å². The van der Waals surface area contributed by atoms with E-state index in [9.17, 15) is 0 Å². The summed E-state index contributed by atoms with van der Waals surface area (Å²) in [6, 6.07) is 6.31. The highest BCUT2D eigenvalue weighted by molar-refractivity contribution is 5.85. The summed E-state index contributed by atoms with van der Waals surface area (Å²) in [4.78, 5) is 12.2. The van der Waals surface area contributed by atoms with E-state index in [1.54, 1.807) is 7.11 Å². The van der Waals surface area contributed by atoms with Crippen molar-refractivity contribution in [3.63, 3.8) is 0 Å². The molecule has 3 aromatic heterocycles. The summed E-state index contributed by atoms with van der Waals surface area (Å²) in [5.41, 5.74) is 6.15. The summed E-state index contributed by atoms with van der Waals surface area (Å²) < 4.78 is 13.1. The number of ether oxygens (including phenoxy) is 2. The number of morpholine rings is 1. The van der Waals surface area contributed by atoms with Gasteiger partial charge < -0.3 is 14.4 Å². The highest BCUT2D eigenvalue weighted by Gasteiger charge is 2.32. The molecule has 1 aliphatic carbocycles. The lowest BCUT2D eigenvalue weighted by Crippen LogP contribution is -2.36. The summed E-state index contributed by atoms with van der Waals surface area (Å²) >= 11 is 0. The van der Waals surface area contributed by atoms with Crippen LogP contribution in [0.3, 0.4) is 0 Å². The zero-order valence-corrected chi connectivity index (χ0v) is 19.2. The van der Waals surface area contributed by atoms with Crippen molar-refractivity contribution in [1.82, 2.24) is 19.6 Å². The fourth-order valence-electron chi connectivity index (χ4n) is 4.09. The second kappa shape index (κ2) is 8.73. The molecule has 2 aliphatic rings. The van der Waals surface area contributed by atoms with Gasteiger partial charge in [-0.05, 0) is 44.9 Å². The minimum absolute atomic E-state index is 0. The van der Waals surface area contributed by atoms with Gasteiger partial charge in [-0.1, -0.05) is 0 Å². The van der Waals surface area contributed by atoms with Crippen LogP contribution in [0, 0.1) is 0 Å². The van der Waals surface area contributed by atoms with E-state index in [1.165, 1.54) is 12.8 Å². The van der Waals surface area contributed by atoms with Crippen LogP contribution < -0.4 is 4.90 Å². The molecule has 0 bridgehead atoms. The Labute approximate surface area is 189 Å². The van der Waals surface area contributed by atoms with Crippen molar-refractivity contribution in [3.05, 3.63) is 42.0 Å². The standard InChI is InChI=1S/C23H29N5O2.ClH/c1-23(2,29-3)14-18-7-6-17(15-24-18)21-20(16-4-5-16)26-22-19(8-9-25-28(21)22)27-10-12-30-13-11-27;/h6-9,15-16H,4-5,10-14H2,1-3H3;1H. The van der Waals surface area contributed by atoms with Gasteiger partial charge in [0.1, 0.15) is 0 Å². The molecule has 8 heteroatoms. The van der Waals surface area contributed by atoms with Gasteiger partial charge >= 0.3 is 0 Å². The molecule has 1 aliphatic heterocycles. The van der Waals surface area contributed by atoms with Gasteiger partial charge in [-0.15, -0.1) is 12.4 Å². The Morgan fingerprint density at radius 2 is 1.94 bits per heavy atom. The molecule has 5 rings (SSSR count). The Kier molecular flexibility index (Phi) is 6.19. The third-order valence-corrected chi connectivity index (χ3v) is 6.10. The lowest BCUT2D eigenvalue weighted by Gasteiger charge is -2.28. The first-order valence-electron chi connectivity index (χ1n) is 10.8. The Morgan fingerprint density at radius 1 is 1.16 bits per heavy atom. The smallest absolute Gasteiger partial charge is 0.178 e. The number of pyridine rings is 1. The maximum Gasteiger partial charge on any atom is 0.178 e. The Balaban J connectivity index is 0.00000231. The second-order valence-electron chi connectivity index (χ2n) is 8.85. The first-order chi connectivity index (χ1) is 14.6. The Morgan fingerprint density at radius 3 is 2.58 bits per heavy atom. The topological polar surface area (TPSA) is 64.8 Å². The van der Waals surface area contributed by atoms with Gasteiger partial charge in [0.2, 0.25) is 0 Å². The van der Waals surface area contributed by atoms with Crippen molar-refractivity contribution in [1.29, 1.82) is 0 Å². The molecule has 7 nitrogen and oxygen atoms in total. The quantitative estimate of drug-likeness (QED) is 0.575. The van der Waals surface area contributed by atoms with Crippen molar-refractivity contribution in [3.8, 4) is 11.3 Å². The number of methoxy groups -OCH3 is 1. The van der Waals surface area contributed by atoms with Gasteiger partial charge in [0.15, 0.2) is 5.65 Å². The van der Waals surface area contributed by atoms with Crippen molar-refractivity contribution in [2.24, 2.45) is 0 Å². The molecule has 4 heterocycles. The third kappa shape index (κ3) is 4.40. The number of nitrogens with zero attached hydrogens (tertiary/aromatic N) is 5. The van der Waals surface area contributed by atoms with Crippen LogP contribution in [-0.4, -0.2) is 58.6 Å². The molecule has 0 amide bonds. The van der Waals surface area contributed by atoms with Crippen LogP contribution >= 0.6 is 12.4 Å². The lowest BCUT2D eigenvalue weighted by molar-refractivity contribution is 0.0224. The number of fused-ring (bicyclic) bond motifs is 1. The van der Waals surface area contributed by atoms with E-state index in [4.69, 9.17) is 19.4 Å². The van der Waals surface area contributed by atoms with Crippen molar-refractivity contribution >= 4 is 23.7 Å².